The topological polar surface area (TPSA) is 55.8 Å². The van der Waals surface area contributed by atoms with E-state index >= 15 is 0 Å². The van der Waals surface area contributed by atoms with Gasteiger partial charge in [-0.1, -0.05) is 12.2 Å². The van der Waals surface area contributed by atoms with E-state index in [1.165, 1.54) is 12.0 Å². The summed E-state index contributed by atoms with van der Waals surface area (Å²) < 4.78 is 24.5. The number of alkyl halides is 1. The van der Waals surface area contributed by atoms with Crippen molar-refractivity contribution in [1.29, 1.82) is 0 Å². The maximum Gasteiger partial charge on any atom is 0.411 e. The van der Waals surface area contributed by atoms with E-state index in [9.17, 15) is 14.0 Å². The minimum atomic E-state index is -0.956. The van der Waals surface area contributed by atoms with Crippen LogP contribution in [-0.2, 0) is 14.3 Å². The fourth-order valence-corrected chi connectivity index (χ4v) is 4.14. The van der Waals surface area contributed by atoms with Gasteiger partial charge in [0.2, 0.25) is 0 Å². The number of rotatable bonds is 1. The van der Waals surface area contributed by atoms with E-state index in [-0.39, 0.29) is 23.7 Å². The number of methoxy groups -OCH3 is 1. The number of amides is 1. The third kappa shape index (κ3) is 2.20. The Labute approximate surface area is 129 Å². The Morgan fingerprint density at radius 1 is 1.23 bits per heavy atom. The van der Waals surface area contributed by atoms with Crippen molar-refractivity contribution in [2.24, 2.45) is 23.7 Å². The Kier molecular flexibility index (Phi) is 3.45. The first-order chi connectivity index (χ1) is 10.2. The molecule has 0 N–H and O–H groups in total. The van der Waals surface area contributed by atoms with E-state index < -0.39 is 29.9 Å². The van der Waals surface area contributed by atoms with Crippen molar-refractivity contribution in [1.82, 2.24) is 4.90 Å². The Morgan fingerprint density at radius 3 is 2.45 bits per heavy atom. The Hall–Kier alpha value is -1.59. The molecule has 1 saturated carbocycles. The van der Waals surface area contributed by atoms with E-state index in [0.717, 1.165) is 0 Å². The van der Waals surface area contributed by atoms with Crippen LogP contribution in [-0.4, -0.2) is 48.4 Å². The van der Waals surface area contributed by atoms with Crippen LogP contribution in [0, 0.1) is 23.7 Å². The average molecular weight is 311 g/mol. The zero-order valence-corrected chi connectivity index (χ0v) is 13.3. The highest BCUT2D eigenvalue weighted by atomic mass is 19.1. The minimum absolute atomic E-state index is 0.0402. The SMILES string of the molecule is COC(=O)[C@@H]1[C@H]2[C@H]3C=C[C@H]([C@@H]3F)[C@H]2CN1C(=O)OC(C)(C)C. The van der Waals surface area contributed by atoms with Crippen molar-refractivity contribution in [2.45, 2.75) is 38.6 Å². The molecule has 122 valence electrons. The molecule has 5 nitrogen and oxygen atoms in total. The van der Waals surface area contributed by atoms with Crippen LogP contribution in [0.3, 0.4) is 0 Å². The molecular formula is C16H22FNO4. The van der Waals surface area contributed by atoms with Crippen molar-refractivity contribution in [3.05, 3.63) is 12.2 Å². The van der Waals surface area contributed by atoms with Gasteiger partial charge in [0.15, 0.2) is 0 Å². The number of ether oxygens (including phenoxy) is 2. The molecular weight excluding hydrogens is 289 g/mol. The van der Waals surface area contributed by atoms with E-state index in [2.05, 4.69) is 0 Å². The molecule has 6 heteroatoms. The lowest BCUT2D eigenvalue weighted by Crippen LogP contribution is -2.47. The molecule has 2 aliphatic carbocycles. The van der Waals surface area contributed by atoms with Crippen molar-refractivity contribution < 1.29 is 23.5 Å². The number of hydrogen-bond donors (Lipinski definition) is 0. The molecule has 22 heavy (non-hydrogen) atoms. The summed E-state index contributed by atoms with van der Waals surface area (Å²) in [5.41, 5.74) is -0.644. The van der Waals surface area contributed by atoms with Crippen LogP contribution in [0.2, 0.25) is 0 Å². The largest absolute Gasteiger partial charge is 0.467 e. The maximum atomic E-state index is 14.3. The van der Waals surface area contributed by atoms with Gasteiger partial charge in [-0.2, -0.15) is 0 Å². The van der Waals surface area contributed by atoms with Crippen LogP contribution in [0.25, 0.3) is 0 Å². The first-order valence-electron chi connectivity index (χ1n) is 7.64. The first-order valence-corrected chi connectivity index (χ1v) is 7.64. The summed E-state index contributed by atoms with van der Waals surface area (Å²) in [6.45, 7) is 5.67. The maximum absolute atomic E-state index is 14.3. The fraction of sp³-hybridized carbons (Fsp3) is 0.750. The predicted molar refractivity (Wildman–Crippen MR) is 76.7 cm³/mol. The van der Waals surface area contributed by atoms with Gasteiger partial charge in [0.25, 0.3) is 0 Å². The molecule has 0 aromatic heterocycles. The normalized spacial score (nSPS) is 39.0. The van der Waals surface area contributed by atoms with Crippen LogP contribution in [0.4, 0.5) is 9.18 Å². The minimum Gasteiger partial charge on any atom is -0.467 e. The Balaban J connectivity index is 1.87. The third-order valence-electron chi connectivity index (χ3n) is 4.90. The molecule has 2 bridgehead atoms. The standard InChI is InChI=1S/C16H22FNO4/c1-16(2,3)22-15(20)18-7-10-8-5-6-9(12(8)17)11(10)13(18)14(19)21-4/h5-6,8-13H,7H2,1-4H3/t8-,9+,10+,11-,12-,13-/m0/s1. The van der Waals surface area contributed by atoms with Gasteiger partial charge in [-0.3, -0.25) is 4.90 Å². The highest BCUT2D eigenvalue weighted by Crippen LogP contribution is 2.55. The lowest BCUT2D eigenvalue weighted by Gasteiger charge is -2.30. The number of likely N-dealkylation sites (tertiary alicyclic amines) is 1. The third-order valence-corrected chi connectivity index (χ3v) is 4.90. The highest BCUT2D eigenvalue weighted by Gasteiger charge is 2.63. The molecule has 6 atom stereocenters. The summed E-state index contributed by atoms with van der Waals surface area (Å²) >= 11 is 0. The van der Waals surface area contributed by atoms with Gasteiger partial charge in [-0.05, 0) is 26.7 Å². The lowest BCUT2D eigenvalue weighted by atomic mass is 9.82. The van der Waals surface area contributed by atoms with Gasteiger partial charge in [0, 0.05) is 24.3 Å². The molecule has 1 aliphatic heterocycles. The van der Waals surface area contributed by atoms with Gasteiger partial charge < -0.3 is 9.47 Å². The number of esters is 1. The van der Waals surface area contributed by atoms with Gasteiger partial charge in [-0.15, -0.1) is 0 Å². The van der Waals surface area contributed by atoms with Gasteiger partial charge >= 0.3 is 12.1 Å². The molecule has 1 heterocycles. The zero-order valence-electron chi connectivity index (χ0n) is 13.3. The highest BCUT2D eigenvalue weighted by molar-refractivity contribution is 5.83. The molecule has 0 radical (unpaired) electrons. The summed E-state index contributed by atoms with van der Waals surface area (Å²) in [4.78, 5) is 26.0. The number of carbonyl (C=O) groups is 2. The van der Waals surface area contributed by atoms with Crippen molar-refractivity contribution in [2.75, 3.05) is 13.7 Å². The molecule has 0 spiro atoms. The molecule has 0 unspecified atom stereocenters. The molecule has 3 rings (SSSR count). The van der Waals surface area contributed by atoms with E-state index in [4.69, 9.17) is 9.47 Å². The zero-order chi connectivity index (χ0) is 16.2. The second-order valence-electron chi connectivity index (χ2n) is 7.33. The summed E-state index contributed by atoms with van der Waals surface area (Å²) in [6.07, 6.45) is 2.23. The van der Waals surface area contributed by atoms with E-state index in [0.29, 0.717) is 6.54 Å². The number of halogens is 1. The molecule has 1 saturated heterocycles. The summed E-state index contributed by atoms with van der Waals surface area (Å²) in [5, 5.41) is 0. The second-order valence-corrected chi connectivity index (χ2v) is 7.33. The quantitative estimate of drug-likeness (QED) is 0.550. The van der Waals surface area contributed by atoms with Crippen LogP contribution < -0.4 is 0 Å². The number of allylic oxidation sites excluding steroid dienone is 2. The summed E-state index contributed by atoms with van der Waals surface area (Å²) in [6, 6.07) is -0.761. The Bertz CT molecular complexity index is 527. The van der Waals surface area contributed by atoms with E-state index in [1.807, 2.05) is 12.2 Å². The molecule has 2 fully saturated rings. The van der Waals surface area contributed by atoms with Crippen molar-refractivity contribution >= 4 is 12.1 Å². The number of carbonyl (C=O) groups excluding carboxylic acids is 2. The lowest BCUT2D eigenvalue weighted by molar-refractivity contribution is -0.147. The summed E-state index contributed by atoms with van der Waals surface area (Å²) in [7, 11) is 1.29. The first kappa shape index (κ1) is 15.3. The van der Waals surface area contributed by atoms with Crippen LogP contribution in [0.1, 0.15) is 20.8 Å². The van der Waals surface area contributed by atoms with Crippen LogP contribution >= 0.6 is 0 Å². The monoisotopic (exact) mass is 311 g/mol. The number of hydrogen-bond acceptors (Lipinski definition) is 4. The van der Waals surface area contributed by atoms with Gasteiger partial charge in [0.05, 0.1) is 7.11 Å². The summed E-state index contributed by atoms with van der Waals surface area (Å²) in [5.74, 6) is -1.28. The molecule has 0 aromatic carbocycles. The molecule has 3 aliphatic rings. The predicted octanol–water partition coefficient (Wildman–Crippen LogP) is 2.17. The van der Waals surface area contributed by atoms with Crippen LogP contribution in [0.5, 0.6) is 0 Å². The Morgan fingerprint density at radius 2 is 1.86 bits per heavy atom. The second kappa shape index (κ2) is 4.96. The molecule has 1 amide bonds. The molecule has 0 aromatic rings. The van der Waals surface area contributed by atoms with Gasteiger partial charge in [0.1, 0.15) is 17.8 Å². The van der Waals surface area contributed by atoms with Crippen molar-refractivity contribution in [3.63, 3.8) is 0 Å². The van der Waals surface area contributed by atoms with Crippen LogP contribution in [0.15, 0.2) is 12.2 Å². The van der Waals surface area contributed by atoms with E-state index in [1.54, 1.807) is 20.8 Å². The smallest absolute Gasteiger partial charge is 0.411 e. The van der Waals surface area contributed by atoms with Gasteiger partial charge in [-0.25, -0.2) is 14.0 Å². The average Bonchev–Trinajstić information content (AvgIpc) is 3.04. The van der Waals surface area contributed by atoms with Crippen molar-refractivity contribution in [3.8, 4) is 0 Å². The number of fused-ring (bicyclic) bond motifs is 5. The fourth-order valence-electron chi connectivity index (χ4n) is 4.14. The number of nitrogens with zero attached hydrogens (tertiary/aromatic N) is 1.